The number of likely N-dealkylation sites (tertiary alicyclic amines) is 1. The van der Waals surface area contributed by atoms with E-state index >= 15 is 0 Å². The predicted octanol–water partition coefficient (Wildman–Crippen LogP) is 1.89. The van der Waals surface area contributed by atoms with E-state index in [-0.39, 0.29) is 17.2 Å². The molecule has 1 amide bonds. The molecule has 1 unspecified atom stereocenters. The minimum Gasteiger partial charge on any atom is -0.470 e. The van der Waals surface area contributed by atoms with Gasteiger partial charge in [-0.05, 0) is 15.9 Å². The quantitative estimate of drug-likeness (QED) is 0.835. The van der Waals surface area contributed by atoms with Crippen molar-refractivity contribution >= 4 is 33.4 Å². The molecular formula is C10H11BrClN3O2. The number of hydrogen-bond donors (Lipinski definition) is 0. The second-order valence-electron chi connectivity index (χ2n) is 3.78. The van der Waals surface area contributed by atoms with E-state index in [1.807, 2.05) is 0 Å². The highest BCUT2D eigenvalue weighted by atomic mass is 79.9. The van der Waals surface area contributed by atoms with E-state index < -0.39 is 0 Å². The topological polar surface area (TPSA) is 55.3 Å². The predicted molar refractivity (Wildman–Crippen MR) is 66.0 cm³/mol. The van der Waals surface area contributed by atoms with Crippen LogP contribution < -0.4 is 4.74 Å². The third-order valence-electron chi connectivity index (χ3n) is 2.54. The zero-order valence-corrected chi connectivity index (χ0v) is 11.5. The summed E-state index contributed by atoms with van der Waals surface area (Å²) in [6, 6.07) is 0. The van der Waals surface area contributed by atoms with Crippen LogP contribution in [0.3, 0.4) is 0 Å². The fourth-order valence-corrected chi connectivity index (χ4v) is 2.25. The lowest BCUT2D eigenvalue weighted by Gasteiger charge is -2.15. The maximum Gasteiger partial charge on any atom is 0.252 e. The maximum absolute atomic E-state index is 11.2. The molecule has 1 fully saturated rings. The largest absolute Gasteiger partial charge is 0.470 e. The van der Waals surface area contributed by atoms with Crippen molar-refractivity contribution in [1.82, 2.24) is 14.9 Å². The number of amides is 1. The van der Waals surface area contributed by atoms with Crippen LogP contribution in [-0.4, -0.2) is 40.0 Å². The summed E-state index contributed by atoms with van der Waals surface area (Å²) in [5.74, 6) is 0.370. The smallest absolute Gasteiger partial charge is 0.252 e. The van der Waals surface area contributed by atoms with Crippen molar-refractivity contribution in [3.8, 4) is 5.88 Å². The van der Waals surface area contributed by atoms with Gasteiger partial charge in [0.25, 0.3) is 5.88 Å². The third kappa shape index (κ3) is 3.07. The Morgan fingerprint density at radius 1 is 1.71 bits per heavy atom. The highest BCUT2D eigenvalue weighted by Gasteiger charge is 2.26. The Labute approximate surface area is 112 Å². The third-order valence-corrected chi connectivity index (χ3v) is 3.17. The fraction of sp³-hybridized carbons (Fsp3) is 0.500. The molecule has 1 saturated heterocycles. The Balaban J connectivity index is 2.00. The Bertz CT molecular complexity index is 444. The molecule has 0 radical (unpaired) electrons. The molecule has 2 heterocycles. The van der Waals surface area contributed by atoms with Gasteiger partial charge in [-0.2, -0.15) is 0 Å². The molecule has 5 nitrogen and oxygen atoms in total. The summed E-state index contributed by atoms with van der Waals surface area (Å²) in [5.41, 5.74) is 0. The lowest BCUT2D eigenvalue weighted by molar-refractivity contribution is -0.128. The molecule has 7 heteroatoms. The van der Waals surface area contributed by atoms with Gasteiger partial charge in [-0.15, -0.1) is 0 Å². The van der Waals surface area contributed by atoms with E-state index in [0.717, 1.165) is 6.42 Å². The van der Waals surface area contributed by atoms with Crippen LogP contribution in [0.1, 0.15) is 13.3 Å². The summed E-state index contributed by atoms with van der Waals surface area (Å²) in [7, 11) is 0. The van der Waals surface area contributed by atoms with Gasteiger partial charge in [0.15, 0.2) is 5.15 Å². The van der Waals surface area contributed by atoms with E-state index in [4.69, 9.17) is 16.3 Å². The lowest BCUT2D eigenvalue weighted by atomic mass is 10.3. The second-order valence-corrected chi connectivity index (χ2v) is 4.95. The lowest BCUT2D eigenvalue weighted by Crippen LogP contribution is -2.28. The molecule has 92 valence electrons. The number of carbonyl (C=O) groups excluding carboxylic acids is 1. The highest BCUT2D eigenvalue weighted by Crippen LogP contribution is 2.24. The first-order valence-corrected chi connectivity index (χ1v) is 6.33. The van der Waals surface area contributed by atoms with Crippen LogP contribution in [0.25, 0.3) is 0 Å². The zero-order valence-electron chi connectivity index (χ0n) is 9.19. The number of nitrogens with zero attached hydrogens (tertiary/aromatic N) is 3. The van der Waals surface area contributed by atoms with Crippen LogP contribution in [0.2, 0.25) is 5.15 Å². The normalized spacial score (nSPS) is 19.5. The summed E-state index contributed by atoms with van der Waals surface area (Å²) in [5, 5.41) is 0.223. The van der Waals surface area contributed by atoms with Crippen LogP contribution in [0.15, 0.2) is 10.8 Å². The second kappa shape index (κ2) is 5.18. The average Bonchev–Trinajstić information content (AvgIpc) is 2.71. The highest BCUT2D eigenvalue weighted by molar-refractivity contribution is 9.10. The molecule has 2 rings (SSSR count). The van der Waals surface area contributed by atoms with Crippen molar-refractivity contribution in [2.24, 2.45) is 0 Å². The number of hydrogen-bond acceptors (Lipinski definition) is 4. The van der Waals surface area contributed by atoms with Crippen molar-refractivity contribution < 1.29 is 9.53 Å². The molecule has 1 aliphatic heterocycles. The average molecular weight is 321 g/mol. The first-order valence-electron chi connectivity index (χ1n) is 5.16. The molecule has 1 aromatic rings. The molecule has 0 saturated carbocycles. The van der Waals surface area contributed by atoms with Crippen LogP contribution in [0.5, 0.6) is 5.88 Å². The van der Waals surface area contributed by atoms with Crippen LogP contribution in [0.4, 0.5) is 0 Å². The van der Waals surface area contributed by atoms with Crippen molar-refractivity contribution in [2.75, 3.05) is 13.1 Å². The summed E-state index contributed by atoms with van der Waals surface area (Å²) in [6.45, 7) is 2.83. The molecule has 0 bridgehead atoms. The molecule has 0 aliphatic carbocycles. The Kier molecular flexibility index (Phi) is 3.83. The van der Waals surface area contributed by atoms with Gasteiger partial charge in [-0.1, -0.05) is 11.6 Å². The number of carbonyl (C=O) groups is 1. The minimum absolute atomic E-state index is 0.0593. The molecule has 1 atom stereocenters. The van der Waals surface area contributed by atoms with Crippen molar-refractivity contribution in [3.05, 3.63) is 16.0 Å². The first-order chi connectivity index (χ1) is 8.06. The van der Waals surface area contributed by atoms with Gasteiger partial charge < -0.3 is 9.64 Å². The Morgan fingerprint density at radius 2 is 2.47 bits per heavy atom. The van der Waals surface area contributed by atoms with Crippen molar-refractivity contribution in [2.45, 2.75) is 19.4 Å². The summed E-state index contributed by atoms with van der Waals surface area (Å²) in [6.07, 6.45) is 2.25. The fourth-order valence-electron chi connectivity index (χ4n) is 1.68. The molecular weight excluding hydrogens is 309 g/mol. The molecule has 17 heavy (non-hydrogen) atoms. The van der Waals surface area contributed by atoms with E-state index in [2.05, 4.69) is 25.9 Å². The number of ether oxygens (including phenoxy) is 1. The summed E-state index contributed by atoms with van der Waals surface area (Å²) >= 11 is 9.07. The monoisotopic (exact) mass is 319 g/mol. The standard InChI is InChI=1S/C10H11BrClN3O2/c1-6(16)15-3-2-7(5-15)17-10-9(12)14-8(11)4-13-10/h4,7H,2-3,5H2,1H3. The van der Waals surface area contributed by atoms with E-state index in [9.17, 15) is 4.79 Å². The van der Waals surface area contributed by atoms with Crippen LogP contribution >= 0.6 is 27.5 Å². The van der Waals surface area contributed by atoms with Crippen LogP contribution in [0, 0.1) is 0 Å². The molecule has 0 spiro atoms. The van der Waals surface area contributed by atoms with E-state index in [1.54, 1.807) is 11.8 Å². The van der Waals surface area contributed by atoms with Gasteiger partial charge >= 0.3 is 0 Å². The van der Waals surface area contributed by atoms with Gasteiger partial charge in [0.1, 0.15) is 10.7 Å². The Morgan fingerprint density at radius 3 is 3.06 bits per heavy atom. The van der Waals surface area contributed by atoms with E-state index in [0.29, 0.717) is 23.6 Å². The van der Waals surface area contributed by atoms with Gasteiger partial charge in [0, 0.05) is 19.9 Å². The summed E-state index contributed by atoms with van der Waals surface area (Å²) < 4.78 is 6.18. The maximum atomic E-state index is 11.2. The summed E-state index contributed by atoms with van der Waals surface area (Å²) in [4.78, 5) is 20.9. The molecule has 1 aliphatic rings. The molecule has 1 aromatic heterocycles. The number of aromatic nitrogens is 2. The zero-order chi connectivity index (χ0) is 12.4. The Hall–Kier alpha value is -0.880. The number of rotatable bonds is 2. The van der Waals surface area contributed by atoms with Crippen LogP contribution in [-0.2, 0) is 4.79 Å². The molecule has 0 aromatic carbocycles. The van der Waals surface area contributed by atoms with Crippen molar-refractivity contribution in [1.29, 1.82) is 0 Å². The SMILES string of the molecule is CC(=O)N1CCC(Oc2ncc(Br)nc2Cl)C1. The van der Waals surface area contributed by atoms with Gasteiger partial charge in [0.2, 0.25) is 5.91 Å². The molecule has 0 N–H and O–H groups in total. The van der Waals surface area contributed by atoms with Gasteiger partial charge in [0.05, 0.1) is 12.7 Å². The first kappa shape index (κ1) is 12.6. The number of halogens is 2. The van der Waals surface area contributed by atoms with Gasteiger partial charge in [-0.25, -0.2) is 9.97 Å². The van der Waals surface area contributed by atoms with Gasteiger partial charge in [-0.3, -0.25) is 4.79 Å². The van der Waals surface area contributed by atoms with Crippen molar-refractivity contribution in [3.63, 3.8) is 0 Å². The van der Waals surface area contributed by atoms with E-state index in [1.165, 1.54) is 6.20 Å². The minimum atomic E-state index is -0.0631.